The maximum Gasteiger partial charge on any atom is 0.150 e. The van der Waals surface area contributed by atoms with Crippen LogP contribution in [0.25, 0.3) is 0 Å². The summed E-state index contributed by atoms with van der Waals surface area (Å²) in [6.07, 6.45) is 1.84. The van der Waals surface area contributed by atoms with E-state index >= 15 is 0 Å². The minimum absolute atomic E-state index is 0.145. The zero-order chi connectivity index (χ0) is 11.4. The summed E-state index contributed by atoms with van der Waals surface area (Å²) in [4.78, 5) is 0. The lowest BCUT2D eigenvalue weighted by Gasteiger charge is -2.37. The molecule has 90 valence electrons. The highest BCUT2D eigenvalue weighted by atomic mass is 32.2. The van der Waals surface area contributed by atoms with Gasteiger partial charge in [-0.3, -0.25) is 0 Å². The Morgan fingerprint density at radius 3 is 2.40 bits per heavy atom. The normalized spacial score (nSPS) is 23.9. The largest absolute Gasteiger partial charge is 0.396 e. The number of rotatable bonds is 5. The van der Waals surface area contributed by atoms with Crippen molar-refractivity contribution in [2.45, 2.75) is 24.8 Å². The van der Waals surface area contributed by atoms with E-state index in [4.69, 9.17) is 10.8 Å². The molecule has 0 spiro atoms. The lowest BCUT2D eigenvalue weighted by atomic mass is 9.92. The third kappa shape index (κ3) is 3.71. The summed E-state index contributed by atoms with van der Waals surface area (Å²) in [5.41, 5.74) is 5.45. The molecule has 0 aromatic carbocycles. The second-order valence-corrected chi connectivity index (χ2v) is 6.44. The van der Waals surface area contributed by atoms with Crippen molar-refractivity contribution in [1.82, 2.24) is 5.32 Å². The van der Waals surface area contributed by atoms with Gasteiger partial charge < -0.3 is 16.2 Å². The molecule has 5 nitrogen and oxygen atoms in total. The van der Waals surface area contributed by atoms with E-state index in [2.05, 4.69) is 5.32 Å². The highest BCUT2D eigenvalue weighted by Crippen LogP contribution is 2.22. The Morgan fingerprint density at radius 2 is 1.93 bits per heavy atom. The van der Waals surface area contributed by atoms with E-state index in [1.54, 1.807) is 0 Å². The maximum absolute atomic E-state index is 11.3. The highest BCUT2D eigenvalue weighted by Gasteiger charge is 2.35. The van der Waals surface area contributed by atoms with Gasteiger partial charge in [-0.1, -0.05) is 0 Å². The summed E-state index contributed by atoms with van der Waals surface area (Å²) in [6.45, 7) is 1.29. The fourth-order valence-corrected chi connectivity index (χ4v) is 3.42. The molecule has 4 N–H and O–H groups in total. The van der Waals surface area contributed by atoms with E-state index in [9.17, 15) is 8.42 Å². The van der Waals surface area contributed by atoms with Gasteiger partial charge in [-0.05, 0) is 25.8 Å². The Morgan fingerprint density at radius 1 is 1.33 bits per heavy atom. The first-order chi connectivity index (χ1) is 7.04. The monoisotopic (exact) mass is 236 g/mol. The second kappa shape index (κ2) is 5.25. The van der Waals surface area contributed by atoms with Crippen LogP contribution in [0.1, 0.15) is 19.3 Å². The zero-order valence-corrected chi connectivity index (χ0v) is 9.72. The molecule has 15 heavy (non-hydrogen) atoms. The van der Waals surface area contributed by atoms with Crippen LogP contribution in [0.4, 0.5) is 0 Å². The summed E-state index contributed by atoms with van der Waals surface area (Å²) >= 11 is 0. The van der Waals surface area contributed by atoms with E-state index in [-0.39, 0.29) is 23.7 Å². The van der Waals surface area contributed by atoms with Crippen molar-refractivity contribution in [3.05, 3.63) is 0 Å². The molecular formula is C9H20N2O3S. The van der Waals surface area contributed by atoms with Crippen molar-refractivity contribution < 1.29 is 13.5 Å². The number of aliphatic hydroxyl groups is 1. The molecule has 1 fully saturated rings. The third-order valence-corrected chi connectivity index (χ3v) is 4.66. The summed E-state index contributed by atoms with van der Waals surface area (Å²) in [7, 11) is -2.84. The maximum atomic E-state index is 11.3. The molecule has 1 aliphatic rings. The van der Waals surface area contributed by atoms with E-state index < -0.39 is 9.84 Å². The van der Waals surface area contributed by atoms with Crippen LogP contribution in [0.5, 0.6) is 0 Å². The van der Waals surface area contributed by atoms with Crippen LogP contribution in [0.15, 0.2) is 0 Å². The Bertz CT molecular complexity index is 276. The molecule has 1 saturated heterocycles. The molecule has 6 heteroatoms. The Labute approximate surface area is 91.0 Å². The lowest BCUT2D eigenvalue weighted by molar-refractivity contribution is 0.258. The van der Waals surface area contributed by atoms with Crippen LogP contribution in [0, 0.1) is 0 Å². The van der Waals surface area contributed by atoms with Crippen LogP contribution in [-0.2, 0) is 9.84 Å². The standard InChI is InChI=1S/C9H20N2O3S/c10-8-9(11-4-1-5-12)2-6-15(13,14)7-3-9/h11-12H,1-8,10H2. The SMILES string of the molecule is NCC1(NCCCO)CCS(=O)(=O)CC1. The molecule has 0 atom stereocenters. The van der Waals surface area contributed by atoms with Gasteiger partial charge in [-0.25, -0.2) is 8.42 Å². The van der Waals surface area contributed by atoms with Crippen LogP contribution >= 0.6 is 0 Å². The van der Waals surface area contributed by atoms with E-state index in [0.717, 1.165) is 0 Å². The summed E-state index contributed by atoms with van der Waals surface area (Å²) in [5, 5.41) is 11.9. The molecule has 1 heterocycles. The molecule has 0 aliphatic carbocycles. The molecule has 0 radical (unpaired) electrons. The van der Waals surface area contributed by atoms with E-state index in [1.807, 2.05) is 0 Å². The van der Waals surface area contributed by atoms with Gasteiger partial charge in [0.2, 0.25) is 0 Å². The van der Waals surface area contributed by atoms with Crippen molar-refractivity contribution in [2.75, 3.05) is 31.2 Å². The van der Waals surface area contributed by atoms with Crippen LogP contribution in [0.3, 0.4) is 0 Å². The molecule has 0 bridgehead atoms. The summed E-state index contributed by atoms with van der Waals surface area (Å²) < 4.78 is 22.6. The van der Waals surface area contributed by atoms with Crippen molar-refractivity contribution in [2.24, 2.45) is 5.73 Å². The first-order valence-corrected chi connectivity index (χ1v) is 7.12. The molecule has 0 aromatic heterocycles. The van der Waals surface area contributed by atoms with Crippen LogP contribution in [0.2, 0.25) is 0 Å². The molecule has 0 saturated carbocycles. The number of nitrogens with one attached hydrogen (secondary N) is 1. The molecule has 1 rings (SSSR count). The van der Waals surface area contributed by atoms with Gasteiger partial charge >= 0.3 is 0 Å². The first kappa shape index (κ1) is 12.9. The Hall–Kier alpha value is -0.170. The predicted octanol–water partition coefficient (Wildman–Crippen LogP) is -1.14. The molecule has 0 unspecified atom stereocenters. The van der Waals surface area contributed by atoms with Crippen LogP contribution in [-0.4, -0.2) is 50.3 Å². The number of aliphatic hydroxyl groups excluding tert-OH is 1. The summed E-state index contributed by atoms with van der Waals surface area (Å²) in [5.74, 6) is 0.437. The summed E-state index contributed by atoms with van der Waals surface area (Å²) in [6, 6.07) is 0. The third-order valence-electron chi connectivity index (χ3n) is 3.01. The lowest BCUT2D eigenvalue weighted by Crippen LogP contribution is -2.56. The van der Waals surface area contributed by atoms with Gasteiger partial charge in [0.15, 0.2) is 0 Å². The van der Waals surface area contributed by atoms with Gasteiger partial charge in [0.1, 0.15) is 9.84 Å². The topological polar surface area (TPSA) is 92.4 Å². The van der Waals surface area contributed by atoms with Gasteiger partial charge in [-0.2, -0.15) is 0 Å². The Balaban J connectivity index is 2.48. The molecule has 1 aliphatic heterocycles. The van der Waals surface area contributed by atoms with Crippen LogP contribution < -0.4 is 11.1 Å². The van der Waals surface area contributed by atoms with Gasteiger partial charge in [0.05, 0.1) is 11.5 Å². The smallest absolute Gasteiger partial charge is 0.150 e. The quantitative estimate of drug-likeness (QED) is 0.525. The molecule has 0 aromatic rings. The number of sulfone groups is 1. The van der Waals surface area contributed by atoms with Gasteiger partial charge in [-0.15, -0.1) is 0 Å². The number of hydrogen-bond acceptors (Lipinski definition) is 5. The Kier molecular flexibility index (Phi) is 4.51. The number of nitrogens with two attached hydrogens (primary N) is 1. The first-order valence-electron chi connectivity index (χ1n) is 5.30. The van der Waals surface area contributed by atoms with Gasteiger partial charge in [0, 0.05) is 18.7 Å². The number of hydrogen-bond donors (Lipinski definition) is 3. The van der Waals surface area contributed by atoms with Gasteiger partial charge in [0.25, 0.3) is 0 Å². The van der Waals surface area contributed by atoms with Crippen molar-refractivity contribution in [3.8, 4) is 0 Å². The average molecular weight is 236 g/mol. The van der Waals surface area contributed by atoms with E-state index in [1.165, 1.54) is 0 Å². The van der Waals surface area contributed by atoms with E-state index in [0.29, 0.717) is 32.4 Å². The average Bonchev–Trinajstić information content (AvgIpc) is 2.22. The molecular weight excluding hydrogens is 216 g/mol. The second-order valence-electron chi connectivity index (χ2n) is 4.14. The van der Waals surface area contributed by atoms with Crippen molar-refractivity contribution in [3.63, 3.8) is 0 Å². The predicted molar refractivity (Wildman–Crippen MR) is 59.4 cm³/mol. The zero-order valence-electron chi connectivity index (χ0n) is 8.91. The van der Waals surface area contributed by atoms with Crippen molar-refractivity contribution in [1.29, 1.82) is 0 Å². The fourth-order valence-electron chi connectivity index (χ4n) is 1.81. The minimum atomic E-state index is -2.84. The molecule has 0 amide bonds. The fraction of sp³-hybridized carbons (Fsp3) is 1.00. The minimum Gasteiger partial charge on any atom is -0.396 e. The van der Waals surface area contributed by atoms with Crippen molar-refractivity contribution >= 4 is 9.84 Å². The highest BCUT2D eigenvalue weighted by molar-refractivity contribution is 7.91.